The van der Waals surface area contributed by atoms with Crippen LogP contribution in [0.2, 0.25) is 0 Å². The number of rotatable bonds is 5. The molecule has 0 saturated heterocycles. The van der Waals surface area contributed by atoms with Gasteiger partial charge in [-0.2, -0.15) is 0 Å². The second-order valence-corrected chi connectivity index (χ2v) is 4.02. The number of aliphatic carboxylic acids is 1. The first-order valence-corrected chi connectivity index (χ1v) is 5.55. The van der Waals surface area contributed by atoms with Crippen molar-refractivity contribution in [1.29, 1.82) is 0 Å². The van der Waals surface area contributed by atoms with Crippen molar-refractivity contribution in [1.82, 2.24) is 0 Å². The summed E-state index contributed by atoms with van der Waals surface area (Å²) < 4.78 is 23.8. The van der Waals surface area contributed by atoms with Crippen LogP contribution < -0.4 is 9.47 Å². The van der Waals surface area contributed by atoms with Crippen LogP contribution in [0, 0.1) is 0 Å². The van der Waals surface area contributed by atoms with Crippen molar-refractivity contribution in [2.75, 3.05) is 14.2 Å². The molecule has 18 heavy (non-hydrogen) atoms. The molecular formula is C13H17FO4. The molecule has 0 aliphatic heterocycles. The summed E-state index contributed by atoms with van der Waals surface area (Å²) in [5.74, 6) is -1.07. The van der Waals surface area contributed by atoms with Crippen molar-refractivity contribution >= 4 is 5.97 Å². The number of benzene rings is 1. The van der Waals surface area contributed by atoms with Crippen molar-refractivity contribution < 1.29 is 23.8 Å². The van der Waals surface area contributed by atoms with Crippen LogP contribution in [0.15, 0.2) is 12.1 Å². The summed E-state index contributed by atoms with van der Waals surface area (Å²) in [6.45, 7) is 2.91. The van der Waals surface area contributed by atoms with Crippen LogP contribution >= 0.6 is 0 Å². The largest absolute Gasteiger partial charge is 0.493 e. The second-order valence-electron chi connectivity index (χ2n) is 4.02. The average Bonchev–Trinajstić information content (AvgIpc) is 2.35. The van der Waals surface area contributed by atoms with Gasteiger partial charge >= 0.3 is 5.97 Å². The summed E-state index contributed by atoms with van der Waals surface area (Å²) in [6, 6.07) is 3.06. The van der Waals surface area contributed by atoms with Gasteiger partial charge in [0, 0.05) is 5.56 Å². The molecule has 1 N–H and O–H groups in total. The number of alkyl halides is 1. The summed E-state index contributed by atoms with van der Waals surface area (Å²) in [6.07, 6.45) is -1.27. The van der Waals surface area contributed by atoms with Crippen LogP contribution in [0.25, 0.3) is 0 Å². The Morgan fingerprint density at radius 1 is 1.28 bits per heavy atom. The van der Waals surface area contributed by atoms with E-state index in [4.69, 9.17) is 14.6 Å². The molecule has 0 fully saturated rings. The summed E-state index contributed by atoms with van der Waals surface area (Å²) >= 11 is 0. The minimum absolute atomic E-state index is 0.292. The van der Waals surface area contributed by atoms with Gasteiger partial charge in [0.1, 0.15) is 6.17 Å². The number of methoxy groups -OCH3 is 2. The van der Waals surface area contributed by atoms with Gasteiger partial charge in [-0.15, -0.1) is 0 Å². The third kappa shape index (κ3) is 2.72. The van der Waals surface area contributed by atoms with E-state index < -0.39 is 18.1 Å². The third-order valence-corrected chi connectivity index (χ3v) is 2.83. The topological polar surface area (TPSA) is 55.8 Å². The first-order valence-electron chi connectivity index (χ1n) is 5.55. The van der Waals surface area contributed by atoms with Gasteiger partial charge < -0.3 is 14.6 Å². The van der Waals surface area contributed by atoms with E-state index in [1.165, 1.54) is 34.1 Å². The van der Waals surface area contributed by atoms with Crippen molar-refractivity contribution in [2.45, 2.75) is 25.9 Å². The Morgan fingerprint density at radius 3 is 2.28 bits per heavy atom. The maximum absolute atomic E-state index is 13.6. The van der Waals surface area contributed by atoms with E-state index in [1.54, 1.807) is 6.07 Å². The fourth-order valence-electron chi connectivity index (χ4n) is 1.70. The predicted octanol–water partition coefficient (Wildman–Crippen LogP) is 2.92. The summed E-state index contributed by atoms with van der Waals surface area (Å²) in [4.78, 5) is 11.0. The Hall–Kier alpha value is -1.78. The molecule has 0 spiro atoms. The Labute approximate surface area is 105 Å². The lowest BCUT2D eigenvalue weighted by molar-refractivity contribution is -0.138. The van der Waals surface area contributed by atoms with Crippen LogP contribution in [0.1, 0.15) is 37.1 Å². The number of hydrogen-bond acceptors (Lipinski definition) is 3. The quantitative estimate of drug-likeness (QED) is 0.880. The number of carboxylic acids is 1. The van der Waals surface area contributed by atoms with Crippen molar-refractivity contribution in [3.8, 4) is 11.5 Å². The lowest BCUT2D eigenvalue weighted by atomic mass is 9.96. The highest BCUT2D eigenvalue weighted by Gasteiger charge is 2.21. The summed E-state index contributed by atoms with van der Waals surface area (Å²) in [5, 5.41) is 8.99. The fraction of sp³-hybridized carbons (Fsp3) is 0.462. The van der Waals surface area contributed by atoms with Crippen LogP contribution in [-0.2, 0) is 4.79 Å². The molecule has 5 heteroatoms. The molecule has 2 unspecified atom stereocenters. The summed E-state index contributed by atoms with van der Waals surface area (Å²) in [5.41, 5.74) is 0.777. The van der Waals surface area contributed by atoms with Crippen LogP contribution in [0.4, 0.5) is 4.39 Å². The Morgan fingerprint density at radius 2 is 1.89 bits per heavy atom. The zero-order valence-electron chi connectivity index (χ0n) is 10.9. The maximum Gasteiger partial charge on any atom is 0.310 e. The van der Waals surface area contributed by atoms with Crippen molar-refractivity contribution in [3.63, 3.8) is 0 Å². The van der Waals surface area contributed by atoms with E-state index in [2.05, 4.69) is 0 Å². The third-order valence-electron chi connectivity index (χ3n) is 2.83. The molecule has 1 rings (SSSR count). The maximum atomic E-state index is 13.6. The minimum atomic E-state index is -1.27. The number of carbonyl (C=O) groups is 1. The number of ether oxygens (including phenoxy) is 2. The number of carboxylic acid groups (broad SMARTS) is 1. The summed E-state index contributed by atoms with van der Waals surface area (Å²) in [7, 11) is 2.85. The lowest BCUT2D eigenvalue weighted by Gasteiger charge is -2.17. The van der Waals surface area contributed by atoms with Crippen LogP contribution in [-0.4, -0.2) is 25.3 Å². The number of hydrogen-bond donors (Lipinski definition) is 1. The van der Waals surface area contributed by atoms with Gasteiger partial charge in [0.2, 0.25) is 0 Å². The Bertz CT molecular complexity index is 443. The van der Waals surface area contributed by atoms with E-state index >= 15 is 0 Å². The highest BCUT2D eigenvalue weighted by atomic mass is 19.1. The molecule has 0 saturated carbocycles. The first kappa shape index (κ1) is 14.3. The zero-order valence-corrected chi connectivity index (χ0v) is 10.9. The molecule has 1 aromatic carbocycles. The Balaban J connectivity index is 3.40. The fourth-order valence-corrected chi connectivity index (χ4v) is 1.70. The molecule has 4 nitrogen and oxygen atoms in total. The molecule has 0 heterocycles. The Kier molecular flexibility index (Phi) is 4.53. The average molecular weight is 256 g/mol. The van der Waals surface area contributed by atoms with Crippen molar-refractivity contribution in [2.24, 2.45) is 0 Å². The standard InChI is InChI=1S/C13H17FO4/c1-7(13(15)16)9-5-10(8(2)14)12(18-4)11(6-9)17-3/h5-8H,1-4H3,(H,15,16). The van der Waals surface area contributed by atoms with Crippen LogP contribution in [0.5, 0.6) is 11.5 Å². The minimum Gasteiger partial charge on any atom is -0.493 e. The predicted molar refractivity (Wildman–Crippen MR) is 65.1 cm³/mol. The van der Waals surface area contributed by atoms with E-state index in [9.17, 15) is 9.18 Å². The second kappa shape index (κ2) is 5.71. The van der Waals surface area contributed by atoms with Gasteiger partial charge in [-0.1, -0.05) is 0 Å². The van der Waals surface area contributed by atoms with Crippen LogP contribution in [0.3, 0.4) is 0 Å². The SMILES string of the molecule is COc1cc(C(C)C(=O)O)cc(C(C)F)c1OC. The molecule has 0 radical (unpaired) electrons. The highest BCUT2D eigenvalue weighted by molar-refractivity contribution is 5.76. The molecule has 0 aliphatic rings. The first-order chi connectivity index (χ1) is 8.42. The smallest absolute Gasteiger partial charge is 0.310 e. The van der Waals surface area contributed by atoms with E-state index in [-0.39, 0.29) is 0 Å². The normalized spacial score (nSPS) is 13.8. The molecule has 0 aromatic heterocycles. The van der Waals surface area contributed by atoms with Gasteiger partial charge in [0.25, 0.3) is 0 Å². The van der Waals surface area contributed by atoms with E-state index in [0.29, 0.717) is 22.6 Å². The number of halogens is 1. The van der Waals surface area contributed by atoms with Gasteiger partial charge in [0.05, 0.1) is 20.1 Å². The molecule has 0 amide bonds. The molecule has 0 bridgehead atoms. The van der Waals surface area contributed by atoms with Gasteiger partial charge in [-0.25, -0.2) is 4.39 Å². The van der Waals surface area contributed by atoms with Gasteiger partial charge in [0.15, 0.2) is 11.5 Å². The molecular weight excluding hydrogens is 239 g/mol. The van der Waals surface area contributed by atoms with E-state index in [0.717, 1.165) is 0 Å². The van der Waals surface area contributed by atoms with Gasteiger partial charge in [-0.05, 0) is 31.5 Å². The molecule has 100 valence electrons. The highest BCUT2D eigenvalue weighted by Crippen LogP contribution is 2.39. The monoisotopic (exact) mass is 256 g/mol. The van der Waals surface area contributed by atoms with E-state index in [1.807, 2.05) is 0 Å². The molecule has 1 aromatic rings. The van der Waals surface area contributed by atoms with Gasteiger partial charge in [-0.3, -0.25) is 4.79 Å². The molecule has 0 aliphatic carbocycles. The van der Waals surface area contributed by atoms with Crippen molar-refractivity contribution in [3.05, 3.63) is 23.3 Å². The molecule has 2 atom stereocenters. The zero-order chi connectivity index (χ0) is 13.9. The lowest BCUT2D eigenvalue weighted by Crippen LogP contribution is -2.09.